The zero-order chi connectivity index (χ0) is 12.8. The van der Waals surface area contributed by atoms with Gasteiger partial charge >= 0.3 is 5.97 Å². The molecule has 2 N–H and O–H groups in total. The first-order valence-electron chi connectivity index (χ1n) is 5.28. The second-order valence-corrected chi connectivity index (χ2v) is 3.68. The molecule has 0 aromatic heterocycles. The first-order valence-corrected chi connectivity index (χ1v) is 5.28. The van der Waals surface area contributed by atoms with Gasteiger partial charge in [0, 0.05) is 32.1 Å². The van der Waals surface area contributed by atoms with Crippen LogP contribution in [0.25, 0.3) is 0 Å². The summed E-state index contributed by atoms with van der Waals surface area (Å²) >= 11 is 0. The van der Waals surface area contributed by atoms with Crippen molar-refractivity contribution in [1.82, 2.24) is 0 Å². The minimum absolute atomic E-state index is 0.384. The molecule has 1 aromatic carbocycles. The van der Waals surface area contributed by atoms with Gasteiger partial charge in [-0.25, -0.2) is 4.79 Å². The average Bonchev–Trinajstić information content (AvgIpc) is 2.35. The van der Waals surface area contributed by atoms with Crippen molar-refractivity contribution in [2.75, 3.05) is 45.1 Å². The van der Waals surface area contributed by atoms with Crippen LogP contribution in [-0.4, -0.2) is 40.4 Å². The zero-order valence-electron chi connectivity index (χ0n) is 10.4. The van der Waals surface area contributed by atoms with Crippen molar-refractivity contribution < 1.29 is 14.3 Å². The number of nitrogen functional groups attached to an aromatic ring is 1. The van der Waals surface area contributed by atoms with E-state index in [0.29, 0.717) is 17.9 Å². The topological polar surface area (TPSA) is 64.8 Å². The van der Waals surface area contributed by atoms with Crippen LogP contribution in [-0.2, 0) is 9.47 Å². The number of carbonyl (C=O) groups is 1. The van der Waals surface area contributed by atoms with Crippen LogP contribution in [0.15, 0.2) is 18.2 Å². The Kier molecular flexibility index (Phi) is 4.78. The Bertz CT molecular complexity index is 393. The van der Waals surface area contributed by atoms with Gasteiger partial charge in [0.25, 0.3) is 0 Å². The van der Waals surface area contributed by atoms with Crippen molar-refractivity contribution in [3.63, 3.8) is 0 Å². The summed E-state index contributed by atoms with van der Waals surface area (Å²) in [6, 6.07) is 5.28. The summed E-state index contributed by atoms with van der Waals surface area (Å²) in [6.07, 6.45) is 0. The van der Waals surface area contributed by atoms with Crippen molar-refractivity contribution >= 4 is 17.3 Å². The van der Waals surface area contributed by atoms with Crippen LogP contribution in [0.1, 0.15) is 10.4 Å². The first-order chi connectivity index (χ1) is 8.10. The molecule has 5 heteroatoms. The smallest absolute Gasteiger partial charge is 0.340 e. The third-order valence-corrected chi connectivity index (χ3v) is 2.51. The summed E-state index contributed by atoms with van der Waals surface area (Å²) in [7, 11) is 4.91. The van der Waals surface area contributed by atoms with Crippen LogP contribution in [0, 0.1) is 0 Å². The number of ether oxygens (including phenoxy) is 2. The number of nitrogens with zero attached hydrogens (tertiary/aromatic N) is 1. The first kappa shape index (κ1) is 13.3. The van der Waals surface area contributed by atoms with Crippen molar-refractivity contribution in [2.45, 2.75) is 0 Å². The molecule has 0 amide bonds. The van der Waals surface area contributed by atoms with Crippen molar-refractivity contribution in [2.24, 2.45) is 0 Å². The summed E-state index contributed by atoms with van der Waals surface area (Å²) in [4.78, 5) is 13.5. The Morgan fingerprint density at radius 2 is 2.12 bits per heavy atom. The Morgan fingerprint density at radius 1 is 1.41 bits per heavy atom. The molecule has 17 heavy (non-hydrogen) atoms. The van der Waals surface area contributed by atoms with E-state index in [-0.39, 0.29) is 0 Å². The molecule has 0 saturated carbocycles. The normalized spacial score (nSPS) is 10.1. The summed E-state index contributed by atoms with van der Waals surface area (Å²) in [5.41, 5.74) is 7.42. The van der Waals surface area contributed by atoms with Crippen LogP contribution in [0.5, 0.6) is 0 Å². The molecule has 0 saturated heterocycles. The molecule has 1 rings (SSSR count). The van der Waals surface area contributed by atoms with E-state index in [0.717, 1.165) is 12.2 Å². The molecular formula is C12H18N2O3. The maximum atomic E-state index is 11.5. The Balaban J connectivity index is 2.91. The second-order valence-electron chi connectivity index (χ2n) is 3.68. The highest BCUT2D eigenvalue weighted by molar-refractivity contribution is 5.96. The summed E-state index contributed by atoms with van der Waals surface area (Å²) in [6.45, 7) is 1.36. The molecule has 0 spiro atoms. The SMILES string of the molecule is COCCN(C)c1ccc(N)c(C(=O)OC)c1. The number of hydrogen-bond donors (Lipinski definition) is 1. The molecular weight excluding hydrogens is 220 g/mol. The Labute approximate surface area is 101 Å². The van der Waals surface area contributed by atoms with Gasteiger partial charge in [-0.1, -0.05) is 0 Å². The van der Waals surface area contributed by atoms with Crippen molar-refractivity contribution in [1.29, 1.82) is 0 Å². The number of hydrogen-bond acceptors (Lipinski definition) is 5. The largest absolute Gasteiger partial charge is 0.465 e. The van der Waals surface area contributed by atoms with Gasteiger partial charge in [-0.15, -0.1) is 0 Å². The van der Waals surface area contributed by atoms with Gasteiger partial charge in [-0.05, 0) is 18.2 Å². The quantitative estimate of drug-likeness (QED) is 0.615. The van der Waals surface area contributed by atoms with E-state index in [2.05, 4.69) is 4.74 Å². The summed E-state index contributed by atoms with van der Waals surface area (Å²) in [5, 5.41) is 0. The molecule has 0 atom stereocenters. The molecule has 1 aromatic rings. The maximum Gasteiger partial charge on any atom is 0.340 e. The predicted molar refractivity (Wildman–Crippen MR) is 67.3 cm³/mol. The lowest BCUT2D eigenvalue weighted by molar-refractivity contribution is 0.0602. The van der Waals surface area contributed by atoms with Crippen LogP contribution in [0.3, 0.4) is 0 Å². The summed E-state index contributed by atoms with van der Waals surface area (Å²) < 4.78 is 9.67. The Morgan fingerprint density at radius 3 is 2.71 bits per heavy atom. The lowest BCUT2D eigenvalue weighted by atomic mass is 10.1. The highest BCUT2D eigenvalue weighted by Crippen LogP contribution is 2.21. The molecule has 0 radical (unpaired) electrons. The number of nitrogens with two attached hydrogens (primary N) is 1. The third-order valence-electron chi connectivity index (χ3n) is 2.51. The van der Waals surface area contributed by atoms with E-state index < -0.39 is 5.97 Å². The van der Waals surface area contributed by atoms with E-state index >= 15 is 0 Å². The fourth-order valence-corrected chi connectivity index (χ4v) is 1.43. The fourth-order valence-electron chi connectivity index (χ4n) is 1.43. The molecule has 0 bridgehead atoms. The molecule has 0 aliphatic carbocycles. The van der Waals surface area contributed by atoms with Gasteiger partial charge in [-0.2, -0.15) is 0 Å². The number of esters is 1. The average molecular weight is 238 g/mol. The minimum Gasteiger partial charge on any atom is -0.465 e. The fraction of sp³-hybridized carbons (Fsp3) is 0.417. The van der Waals surface area contributed by atoms with E-state index in [9.17, 15) is 4.79 Å². The molecule has 5 nitrogen and oxygen atoms in total. The van der Waals surface area contributed by atoms with Crippen LogP contribution >= 0.6 is 0 Å². The number of anilines is 2. The predicted octanol–water partition coefficient (Wildman–Crippen LogP) is 1.14. The van der Waals surface area contributed by atoms with Gasteiger partial charge in [-0.3, -0.25) is 0 Å². The number of carbonyl (C=O) groups excluding carboxylic acids is 1. The number of rotatable bonds is 5. The van der Waals surface area contributed by atoms with E-state index in [4.69, 9.17) is 10.5 Å². The van der Waals surface area contributed by atoms with E-state index in [1.165, 1.54) is 7.11 Å². The van der Waals surface area contributed by atoms with Crippen molar-refractivity contribution in [3.05, 3.63) is 23.8 Å². The van der Waals surface area contributed by atoms with Crippen LogP contribution in [0.2, 0.25) is 0 Å². The van der Waals surface area contributed by atoms with E-state index in [1.54, 1.807) is 19.2 Å². The lowest BCUT2D eigenvalue weighted by Crippen LogP contribution is -2.22. The molecule has 0 aliphatic rings. The highest BCUT2D eigenvalue weighted by atomic mass is 16.5. The molecule has 0 unspecified atom stereocenters. The van der Waals surface area contributed by atoms with Gasteiger partial charge in [0.15, 0.2) is 0 Å². The van der Waals surface area contributed by atoms with Gasteiger partial charge in [0.1, 0.15) is 0 Å². The van der Waals surface area contributed by atoms with Gasteiger partial charge in [0.2, 0.25) is 0 Å². The summed E-state index contributed by atoms with van der Waals surface area (Å²) in [5.74, 6) is -0.426. The second kappa shape index (κ2) is 6.10. The number of benzene rings is 1. The van der Waals surface area contributed by atoms with Crippen LogP contribution in [0.4, 0.5) is 11.4 Å². The lowest BCUT2D eigenvalue weighted by Gasteiger charge is -2.19. The molecule has 0 heterocycles. The molecule has 0 aliphatic heterocycles. The minimum atomic E-state index is -0.426. The van der Waals surface area contributed by atoms with Gasteiger partial charge in [0.05, 0.1) is 19.3 Å². The highest BCUT2D eigenvalue weighted by Gasteiger charge is 2.12. The number of methoxy groups -OCH3 is 2. The van der Waals surface area contributed by atoms with Crippen molar-refractivity contribution in [3.8, 4) is 0 Å². The standard InChI is InChI=1S/C12H18N2O3/c1-14(6-7-16-2)9-4-5-11(13)10(8-9)12(15)17-3/h4-5,8H,6-7,13H2,1-3H3. The maximum absolute atomic E-state index is 11.5. The zero-order valence-corrected chi connectivity index (χ0v) is 10.4. The van der Waals surface area contributed by atoms with Gasteiger partial charge < -0.3 is 20.1 Å². The van der Waals surface area contributed by atoms with E-state index in [1.807, 2.05) is 18.0 Å². The molecule has 0 fully saturated rings. The third kappa shape index (κ3) is 3.35. The monoisotopic (exact) mass is 238 g/mol. The Hall–Kier alpha value is -1.75. The number of likely N-dealkylation sites (N-methyl/N-ethyl adjacent to an activating group) is 1. The van der Waals surface area contributed by atoms with Crippen LogP contribution < -0.4 is 10.6 Å². The molecule has 94 valence electrons.